The van der Waals surface area contributed by atoms with Crippen LogP contribution < -0.4 is 5.73 Å². The maximum atomic E-state index is 6.07. The molecule has 1 aliphatic carbocycles. The Balaban J connectivity index is 1.92. The van der Waals surface area contributed by atoms with Gasteiger partial charge in [-0.15, -0.1) is 0 Å². The minimum atomic E-state index is 0.0122. The van der Waals surface area contributed by atoms with E-state index in [2.05, 4.69) is 27.6 Å². The van der Waals surface area contributed by atoms with Crippen molar-refractivity contribution in [3.63, 3.8) is 0 Å². The van der Waals surface area contributed by atoms with Gasteiger partial charge in [0.15, 0.2) is 5.82 Å². The van der Waals surface area contributed by atoms with E-state index in [-0.39, 0.29) is 6.10 Å². The van der Waals surface area contributed by atoms with E-state index in [1.165, 1.54) is 25.7 Å². The smallest absolute Gasteiger partial charge is 0.160 e. The Morgan fingerprint density at radius 3 is 2.74 bits per heavy atom. The zero-order chi connectivity index (χ0) is 13.2. The van der Waals surface area contributed by atoms with E-state index in [0.29, 0.717) is 11.7 Å². The van der Waals surface area contributed by atoms with Crippen LogP contribution in [0, 0.1) is 3.57 Å². The lowest BCUT2D eigenvalue weighted by atomic mass is 10.0. The molecule has 2 fully saturated rings. The van der Waals surface area contributed by atoms with Crippen LogP contribution in [0.2, 0.25) is 0 Å². The van der Waals surface area contributed by atoms with E-state index in [0.717, 1.165) is 33.2 Å². The average molecular weight is 391 g/mol. The second-order valence-electron chi connectivity index (χ2n) is 5.08. The number of hydrogen-bond acceptors (Lipinski definition) is 5. The highest BCUT2D eigenvalue weighted by atomic mass is 127. The summed E-state index contributed by atoms with van der Waals surface area (Å²) in [7, 11) is 0. The van der Waals surface area contributed by atoms with Gasteiger partial charge in [-0.2, -0.15) is 11.8 Å². The largest absolute Gasteiger partial charge is 0.383 e. The van der Waals surface area contributed by atoms with E-state index >= 15 is 0 Å². The molecule has 1 aromatic rings. The van der Waals surface area contributed by atoms with Gasteiger partial charge in [0.2, 0.25) is 0 Å². The number of ether oxygens (including phenoxy) is 1. The van der Waals surface area contributed by atoms with Gasteiger partial charge in [0.05, 0.1) is 15.9 Å². The summed E-state index contributed by atoms with van der Waals surface area (Å²) in [4.78, 5) is 9.25. The van der Waals surface area contributed by atoms with Crippen LogP contribution in [0.25, 0.3) is 0 Å². The first-order valence-corrected chi connectivity index (χ1v) is 9.01. The fourth-order valence-corrected chi connectivity index (χ4v) is 4.27. The van der Waals surface area contributed by atoms with Crippen LogP contribution >= 0.6 is 34.4 Å². The van der Waals surface area contributed by atoms with Crippen LogP contribution in [-0.4, -0.2) is 28.1 Å². The van der Waals surface area contributed by atoms with E-state index in [9.17, 15) is 0 Å². The first-order valence-electron chi connectivity index (χ1n) is 6.78. The number of halogens is 1. The molecule has 2 aliphatic rings. The van der Waals surface area contributed by atoms with Crippen LogP contribution in [0.1, 0.15) is 49.2 Å². The molecule has 104 valence electrons. The molecule has 1 aliphatic heterocycles. The molecule has 0 bridgehead atoms. The van der Waals surface area contributed by atoms with Gasteiger partial charge in [0.1, 0.15) is 11.9 Å². The van der Waals surface area contributed by atoms with Gasteiger partial charge in [0, 0.05) is 17.4 Å². The Kier molecular flexibility index (Phi) is 4.48. The Bertz CT molecular complexity index is 459. The van der Waals surface area contributed by atoms with Gasteiger partial charge in [-0.3, -0.25) is 0 Å². The second-order valence-corrected chi connectivity index (χ2v) is 7.31. The molecule has 0 spiro atoms. The lowest BCUT2D eigenvalue weighted by Crippen LogP contribution is -2.20. The van der Waals surface area contributed by atoms with Crippen LogP contribution in [0.3, 0.4) is 0 Å². The highest BCUT2D eigenvalue weighted by Crippen LogP contribution is 2.37. The number of nitrogens with two attached hydrogens (primary N) is 1. The van der Waals surface area contributed by atoms with Crippen molar-refractivity contribution in [2.45, 2.75) is 37.7 Å². The van der Waals surface area contributed by atoms with Crippen LogP contribution in [0.4, 0.5) is 5.82 Å². The van der Waals surface area contributed by atoms with Crippen molar-refractivity contribution in [1.82, 2.24) is 9.97 Å². The van der Waals surface area contributed by atoms with Crippen molar-refractivity contribution in [2.75, 3.05) is 23.8 Å². The average Bonchev–Trinajstić information content (AvgIpc) is 2.96. The standard InChI is InChI=1S/C13H18IN3OS/c14-10-11(8-3-1-2-4-8)16-13(17-12(10)15)9-7-19-6-5-18-9/h8-9H,1-7H2,(H2,15,16,17). The van der Waals surface area contributed by atoms with Crippen molar-refractivity contribution in [3.8, 4) is 0 Å². The van der Waals surface area contributed by atoms with Crippen molar-refractivity contribution >= 4 is 40.2 Å². The number of anilines is 1. The summed E-state index contributed by atoms with van der Waals surface area (Å²) in [5.74, 6) is 3.96. The minimum absolute atomic E-state index is 0.0122. The summed E-state index contributed by atoms with van der Waals surface area (Å²) in [5, 5.41) is 0. The maximum Gasteiger partial charge on any atom is 0.160 e. The Morgan fingerprint density at radius 2 is 2.05 bits per heavy atom. The molecule has 19 heavy (non-hydrogen) atoms. The normalized spacial score (nSPS) is 24.8. The molecule has 1 atom stereocenters. The van der Waals surface area contributed by atoms with Gasteiger partial charge < -0.3 is 10.5 Å². The summed E-state index contributed by atoms with van der Waals surface area (Å²) in [6.07, 6.45) is 5.07. The maximum absolute atomic E-state index is 6.07. The highest BCUT2D eigenvalue weighted by Gasteiger charge is 2.26. The van der Waals surface area contributed by atoms with Crippen molar-refractivity contribution in [2.24, 2.45) is 0 Å². The van der Waals surface area contributed by atoms with Crippen LogP contribution in [0.5, 0.6) is 0 Å². The van der Waals surface area contributed by atoms with E-state index in [4.69, 9.17) is 15.5 Å². The molecule has 2 N–H and O–H groups in total. The van der Waals surface area contributed by atoms with E-state index in [1.54, 1.807) is 0 Å². The first-order chi connectivity index (χ1) is 9.25. The van der Waals surface area contributed by atoms with Gasteiger partial charge >= 0.3 is 0 Å². The fourth-order valence-electron chi connectivity index (χ4n) is 2.75. The quantitative estimate of drug-likeness (QED) is 0.785. The topological polar surface area (TPSA) is 61.0 Å². The second kappa shape index (κ2) is 6.13. The molecule has 3 rings (SSSR count). The summed E-state index contributed by atoms with van der Waals surface area (Å²) < 4.78 is 6.81. The molecule has 6 heteroatoms. The minimum Gasteiger partial charge on any atom is -0.383 e. The molecule has 0 radical (unpaired) electrons. The predicted octanol–water partition coefficient (Wildman–Crippen LogP) is 3.13. The van der Waals surface area contributed by atoms with E-state index in [1.807, 2.05) is 11.8 Å². The zero-order valence-electron chi connectivity index (χ0n) is 10.8. The third-order valence-corrected chi connectivity index (χ3v) is 5.86. The molecule has 0 aromatic carbocycles. The fraction of sp³-hybridized carbons (Fsp3) is 0.692. The Hall–Kier alpha value is -0.0800. The zero-order valence-corrected chi connectivity index (χ0v) is 13.7. The van der Waals surface area contributed by atoms with Crippen LogP contribution in [0.15, 0.2) is 0 Å². The number of nitrogen functional groups attached to an aromatic ring is 1. The predicted molar refractivity (Wildman–Crippen MR) is 86.4 cm³/mol. The Morgan fingerprint density at radius 1 is 1.26 bits per heavy atom. The SMILES string of the molecule is Nc1nc(C2CSCCO2)nc(C2CCCC2)c1I. The van der Waals surface area contributed by atoms with Crippen molar-refractivity contribution in [1.29, 1.82) is 0 Å². The van der Waals surface area contributed by atoms with Crippen molar-refractivity contribution in [3.05, 3.63) is 15.1 Å². The van der Waals surface area contributed by atoms with Gasteiger partial charge in [-0.1, -0.05) is 12.8 Å². The van der Waals surface area contributed by atoms with Gasteiger partial charge in [-0.25, -0.2) is 9.97 Å². The highest BCUT2D eigenvalue weighted by molar-refractivity contribution is 14.1. The molecule has 4 nitrogen and oxygen atoms in total. The molecular weight excluding hydrogens is 373 g/mol. The lowest BCUT2D eigenvalue weighted by molar-refractivity contribution is 0.0693. The summed E-state index contributed by atoms with van der Waals surface area (Å²) in [5.41, 5.74) is 7.23. The number of aromatic nitrogens is 2. The molecule has 2 heterocycles. The van der Waals surface area contributed by atoms with Crippen molar-refractivity contribution < 1.29 is 4.74 Å². The molecule has 0 amide bonds. The summed E-state index contributed by atoms with van der Waals surface area (Å²) in [6.45, 7) is 0.781. The lowest BCUT2D eigenvalue weighted by Gasteiger charge is -2.23. The number of rotatable bonds is 2. The molecule has 1 saturated heterocycles. The third kappa shape index (κ3) is 3.00. The summed E-state index contributed by atoms with van der Waals surface area (Å²) in [6, 6.07) is 0. The molecular formula is C13H18IN3OS. The first kappa shape index (κ1) is 13.9. The number of thioether (sulfide) groups is 1. The molecule has 1 unspecified atom stereocenters. The van der Waals surface area contributed by atoms with Gasteiger partial charge in [0.25, 0.3) is 0 Å². The molecule has 1 saturated carbocycles. The Labute approximate surface area is 131 Å². The van der Waals surface area contributed by atoms with Crippen LogP contribution in [-0.2, 0) is 4.74 Å². The number of hydrogen-bond donors (Lipinski definition) is 1. The summed E-state index contributed by atoms with van der Waals surface area (Å²) >= 11 is 4.18. The van der Waals surface area contributed by atoms with E-state index < -0.39 is 0 Å². The monoisotopic (exact) mass is 391 g/mol. The molecule has 1 aromatic heterocycles. The van der Waals surface area contributed by atoms with Gasteiger partial charge in [-0.05, 0) is 35.4 Å². The number of nitrogens with zero attached hydrogens (tertiary/aromatic N) is 2. The third-order valence-electron chi connectivity index (χ3n) is 3.77.